The lowest BCUT2D eigenvalue weighted by atomic mass is 10.0. The number of aromatic nitrogens is 1. The van der Waals surface area contributed by atoms with Crippen molar-refractivity contribution < 1.29 is 27.4 Å². The average Bonchev–Trinajstić information content (AvgIpc) is 2.68. The molecule has 2 aromatic rings. The number of rotatable bonds is 6. The summed E-state index contributed by atoms with van der Waals surface area (Å²) in [5.41, 5.74) is 1.94. The lowest BCUT2D eigenvalue weighted by molar-refractivity contribution is -0.140. The number of carbonyl (C=O) groups excluding carboxylic acids is 1. The Morgan fingerprint density at radius 2 is 1.86 bits per heavy atom. The first-order valence-corrected chi connectivity index (χ1v) is 8.93. The number of ether oxygens (including phenoxy) is 2. The van der Waals surface area contributed by atoms with E-state index in [-0.39, 0.29) is 11.1 Å². The van der Waals surface area contributed by atoms with Crippen LogP contribution in [0.2, 0.25) is 0 Å². The zero-order chi connectivity index (χ0) is 21.0. The molecule has 1 amide bonds. The van der Waals surface area contributed by atoms with Gasteiger partial charge in [0.25, 0.3) is 11.5 Å². The van der Waals surface area contributed by atoms with Crippen LogP contribution in [-0.4, -0.2) is 55.2 Å². The molecule has 3 N–H and O–H groups in total. The second-order valence-corrected chi connectivity index (χ2v) is 6.49. The van der Waals surface area contributed by atoms with Crippen molar-refractivity contribution in [2.45, 2.75) is 6.18 Å². The van der Waals surface area contributed by atoms with E-state index < -0.39 is 28.9 Å². The zero-order valence-electron chi connectivity index (χ0n) is 15.4. The summed E-state index contributed by atoms with van der Waals surface area (Å²) in [6, 6.07) is 6.78. The van der Waals surface area contributed by atoms with Gasteiger partial charge in [0.2, 0.25) is 0 Å². The van der Waals surface area contributed by atoms with E-state index in [9.17, 15) is 22.8 Å². The SMILES string of the molecule is NC(=O)c1cc(-c2ccc(OCCN3CCOCC3)cc2)c(C(F)(F)F)[nH]c1=O. The molecule has 7 nitrogen and oxygen atoms in total. The summed E-state index contributed by atoms with van der Waals surface area (Å²) in [5.74, 6) is -0.612. The molecule has 0 aliphatic carbocycles. The molecule has 2 heterocycles. The number of pyridine rings is 1. The van der Waals surface area contributed by atoms with Crippen molar-refractivity contribution in [1.29, 1.82) is 0 Å². The molecule has 0 atom stereocenters. The van der Waals surface area contributed by atoms with Gasteiger partial charge in [0, 0.05) is 25.2 Å². The minimum atomic E-state index is -4.81. The molecule has 3 rings (SSSR count). The van der Waals surface area contributed by atoms with Crippen LogP contribution in [0.5, 0.6) is 5.75 Å². The van der Waals surface area contributed by atoms with Crippen LogP contribution in [0, 0.1) is 0 Å². The molecular weight excluding hydrogens is 391 g/mol. The molecule has 1 aromatic carbocycles. The molecule has 29 heavy (non-hydrogen) atoms. The Labute approximate surface area is 164 Å². The highest BCUT2D eigenvalue weighted by molar-refractivity contribution is 5.93. The number of amides is 1. The van der Waals surface area contributed by atoms with Gasteiger partial charge in [0.05, 0.1) is 13.2 Å². The van der Waals surface area contributed by atoms with Crippen LogP contribution in [0.15, 0.2) is 35.1 Å². The van der Waals surface area contributed by atoms with Crippen LogP contribution in [-0.2, 0) is 10.9 Å². The van der Waals surface area contributed by atoms with Gasteiger partial charge >= 0.3 is 6.18 Å². The molecule has 0 unspecified atom stereocenters. The van der Waals surface area contributed by atoms with Gasteiger partial charge in [-0.25, -0.2) is 0 Å². The number of aromatic amines is 1. The maximum Gasteiger partial charge on any atom is 0.431 e. The van der Waals surface area contributed by atoms with E-state index in [4.69, 9.17) is 15.2 Å². The van der Waals surface area contributed by atoms with Crippen LogP contribution in [0.3, 0.4) is 0 Å². The number of morpholine rings is 1. The van der Waals surface area contributed by atoms with E-state index in [1.807, 2.05) is 0 Å². The highest BCUT2D eigenvalue weighted by Crippen LogP contribution is 2.35. The number of halogens is 3. The van der Waals surface area contributed by atoms with Crippen molar-refractivity contribution >= 4 is 5.91 Å². The van der Waals surface area contributed by atoms with Gasteiger partial charge in [-0.15, -0.1) is 0 Å². The fourth-order valence-corrected chi connectivity index (χ4v) is 3.01. The van der Waals surface area contributed by atoms with Crippen molar-refractivity contribution in [1.82, 2.24) is 9.88 Å². The normalized spacial score (nSPS) is 15.3. The Hall–Kier alpha value is -2.85. The third kappa shape index (κ3) is 5.15. The molecule has 0 spiro atoms. The monoisotopic (exact) mass is 411 g/mol. The van der Waals surface area contributed by atoms with E-state index in [2.05, 4.69) is 4.90 Å². The summed E-state index contributed by atoms with van der Waals surface area (Å²) in [5, 5.41) is 0. The molecule has 1 saturated heterocycles. The number of nitrogens with one attached hydrogen (secondary N) is 1. The van der Waals surface area contributed by atoms with Gasteiger partial charge in [0.1, 0.15) is 23.6 Å². The number of nitrogens with zero attached hydrogens (tertiary/aromatic N) is 1. The van der Waals surface area contributed by atoms with Crippen molar-refractivity contribution in [2.24, 2.45) is 5.73 Å². The van der Waals surface area contributed by atoms with Gasteiger partial charge in [-0.05, 0) is 23.8 Å². The van der Waals surface area contributed by atoms with E-state index in [0.29, 0.717) is 32.1 Å². The lowest BCUT2D eigenvalue weighted by Gasteiger charge is -2.26. The number of carbonyl (C=O) groups is 1. The Morgan fingerprint density at radius 3 is 2.45 bits per heavy atom. The van der Waals surface area contributed by atoms with Gasteiger partial charge in [-0.2, -0.15) is 13.2 Å². The summed E-state index contributed by atoms with van der Waals surface area (Å²) in [6.07, 6.45) is -4.81. The molecular formula is C19H20F3N3O4. The molecule has 10 heteroatoms. The minimum Gasteiger partial charge on any atom is -0.492 e. The molecule has 0 radical (unpaired) electrons. The van der Waals surface area contributed by atoms with E-state index in [1.165, 1.54) is 24.3 Å². The number of hydrogen-bond acceptors (Lipinski definition) is 5. The third-order valence-corrected chi connectivity index (χ3v) is 4.54. The summed E-state index contributed by atoms with van der Waals surface area (Å²) < 4.78 is 50.9. The van der Waals surface area contributed by atoms with Crippen LogP contribution in [0.1, 0.15) is 16.1 Å². The van der Waals surface area contributed by atoms with Crippen molar-refractivity contribution in [3.05, 3.63) is 51.9 Å². The first-order valence-electron chi connectivity index (χ1n) is 8.93. The maximum absolute atomic E-state index is 13.3. The molecule has 1 fully saturated rings. The maximum atomic E-state index is 13.3. The standard InChI is InChI=1S/C19H20F3N3O4/c20-19(21,22)16-14(11-15(17(23)26)18(27)24-16)12-1-3-13(4-2-12)29-10-7-25-5-8-28-9-6-25/h1-4,11H,5-10H2,(H2,23,26)(H,24,27). The number of alkyl halides is 3. The Kier molecular flexibility index (Phi) is 6.23. The minimum absolute atomic E-state index is 0.164. The Balaban J connectivity index is 1.78. The fourth-order valence-electron chi connectivity index (χ4n) is 3.01. The van der Waals surface area contributed by atoms with Crippen molar-refractivity contribution in [3.63, 3.8) is 0 Å². The number of primary amides is 1. The quantitative estimate of drug-likeness (QED) is 0.757. The molecule has 0 saturated carbocycles. The first-order chi connectivity index (χ1) is 13.8. The topological polar surface area (TPSA) is 97.7 Å². The summed E-state index contributed by atoms with van der Waals surface area (Å²) in [7, 11) is 0. The highest BCUT2D eigenvalue weighted by Gasteiger charge is 2.36. The molecule has 156 valence electrons. The van der Waals surface area contributed by atoms with Crippen LogP contribution in [0.25, 0.3) is 11.1 Å². The second kappa shape index (κ2) is 8.66. The molecule has 0 bridgehead atoms. The largest absolute Gasteiger partial charge is 0.492 e. The number of benzene rings is 1. The number of nitrogens with two attached hydrogens (primary N) is 1. The van der Waals surface area contributed by atoms with E-state index in [1.54, 1.807) is 4.98 Å². The summed E-state index contributed by atoms with van der Waals surface area (Å²) in [6.45, 7) is 4.17. The van der Waals surface area contributed by atoms with Crippen LogP contribution < -0.4 is 16.0 Å². The lowest BCUT2D eigenvalue weighted by Crippen LogP contribution is -2.38. The predicted octanol–water partition coefficient (Wildman–Crippen LogP) is 1.87. The van der Waals surface area contributed by atoms with Crippen molar-refractivity contribution in [2.75, 3.05) is 39.5 Å². The van der Waals surface area contributed by atoms with E-state index in [0.717, 1.165) is 19.2 Å². The second-order valence-electron chi connectivity index (χ2n) is 6.49. The Bertz CT molecular complexity index is 920. The van der Waals surface area contributed by atoms with Gasteiger partial charge < -0.3 is 20.2 Å². The van der Waals surface area contributed by atoms with Crippen LogP contribution >= 0.6 is 0 Å². The van der Waals surface area contributed by atoms with Crippen LogP contribution in [0.4, 0.5) is 13.2 Å². The van der Waals surface area contributed by atoms with Gasteiger partial charge in [-0.1, -0.05) is 12.1 Å². The number of hydrogen-bond donors (Lipinski definition) is 2. The average molecular weight is 411 g/mol. The summed E-state index contributed by atoms with van der Waals surface area (Å²) >= 11 is 0. The first kappa shape index (κ1) is 20.9. The third-order valence-electron chi connectivity index (χ3n) is 4.54. The summed E-state index contributed by atoms with van der Waals surface area (Å²) in [4.78, 5) is 27.0. The Morgan fingerprint density at radius 1 is 1.21 bits per heavy atom. The smallest absolute Gasteiger partial charge is 0.431 e. The zero-order valence-corrected chi connectivity index (χ0v) is 15.4. The van der Waals surface area contributed by atoms with E-state index >= 15 is 0 Å². The number of H-pyrrole nitrogens is 1. The van der Waals surface area contributed by atoms with Gasteiger partial charge in [0.15, 0.2) is 0 Å². The fraction of sp³-hybridized carbons (Fsp3) is 0.368. The van der Waals surface area contributed by atoms with Gasteiger partial charge in [-0.3, -0.25) is 14.5 Å². The molecule has 1 aliphatic rings. The highest BCUT2D eigenvalue weighted by atomic mass is 19.4. The molecule has 1 aromatic heterocycles. The molecule has 1 aliphatic heterocycles. The van der Waals surface area contributed by atoms with Crippen molar-refractivity contribution in [3.8, 4) is 16.9 Å². The predicted molar refractivity (Wildman–Crippen MR) is 98.8 cm³/mol.